The quantitative estimate of drug-likeness (QED) is 0.242. The minimum atomic E-state index is -0.836. The highest BCUT2D eigenvalue weighted by Gasteiger charge is 2.35. The van der Waals surface area contributed by atoms with E-state index in [0.29, 0.717) is 26.9 Å². The minimum absolute atomic E-state index is 0.0791. The van der Waals surface area contributed by atoms with Gasteiger partial charge in [0.25, 0.3) is 29.5 Å². The molecule has 0 fully saturated rings. The second-order valence-corrected chi connectivity index (χ2v) is 9.81. The van der Waals surface area contributed by atoms with Crippen LogP contribution >= 0.6 is 11.6 Å². The zero-order valence-corrected chi connectivity index (χ0v) is 21.6. The molecule has 0 atom stereocenters. The van der Waals surface area contributed by atoms with Crippen LogP contribution in [0.25, 0.3) is 21.5 Å². The van der Waals surface area contributed by atoms with Gasteiger partial charge in [-0.05, 0) is 47.2 Å². The van der Waals surface area contributed by atoms with Crippen LogP contribution in [0.5, 0.6) is 0 Å². The second kappa shape index (κ2) is 8.97. The molecule has 0 radical (unpaired) electrons. The van der Waals surface area contributed by atoms with Crippen LogP contribution in [0.1, 0.15) is 51.8 Å². The number of halogens is 1. The van der Waals surface area contributed by atoms with E-state index in [1.54, 1.807) is 60.7 Å². The Morgan fingerprint density at radius 3 is 1.54 bits per heavy atom. The fourth-order valence-corrected chi connectivity index (χ4v) is 5.44. The predicted molar refractivity (Wildman–Crippen MR) is 149 cm³/mol. The van der Waals surface area contributed by atoms with Gasteiger partial charge in [-0.15, -0.1) is 0 Å². The number of benzene rings is 4. The molecule has 198 valence electrons. The summed E-state index contributed by atoms with van der Waals surface area (Å²) in [5.74, 6) is -3.51. The Labute approximate surface area is 236 Å². The number of hydrogen-bond acceptors (Lipinski definition) is 7. The van der Waals surface area contributed by atoms with Crippen LogP contribution < -0.4 is 10.9 Å². The highest BCUT2D eigenvalue weighted by molar-refractivity contribution is 6.30. The number of hydrazine groups is 2. The SMILES string of the molecule is O=C(NN1C(=O)c2cccc3cccc(c23)C1=O)c1cc(Cl)nc(NN2C(=O)c3cccc4cccc(c34)C2=O)c1. The van der Waals surface area contributed by atoms with E-state index in [9.17, 15) is 24.0 Å². The maximum absolute atomic E-state index is 13.3. The van der Waals surface area contributed by atoms with Crippen LogP contribution in [0.3, 0.4) is 0 Å². The highest BCUT2D eigenvalue weighted by atomic mass is 35.5. The van der Waals surface area contributed by atoms with Gasteiger partial charge in [0.05, 0.1) is 22.3 Å². The zero-order chi connectivity index (χ0) is 28.4. The molecule has 11 heteroatoms. The first kappa shape index (κ1) is 24.4. The van der Waals surface area contributed by atoms with Crippen molar-refractivity contribution in [2.45, 2.75) is 0 Å². The Morgan fingerprint density at radius 2 is 1.07 bits per heavy atom. The Kier molecular flexibility index (Phi) is 5.34. The number of imide groups is 2. The maximum Gasteiger partial charge on any atom is 0.280 e. The number of carbonyl (C=O) groups excluding carboxylic acids is 5. The second-order valence-electron chi connectivity index (χ2n) is 9.43. The molecule has 0 aliphatic carbocycles. The van der Waals surface area contributed by atoms with Gasteiger partial charge in [-0.3, -0.25) is 34.8 Å². The van der Waals surface area contributed by atoms with Gasteiger partial charge < -0.3 is 0 Å². The minimum Gasteiger partial charge on any atom is -0.271 e. The molecule has 3 heterocycles. The molecule has 7 rings (SSSR count). The molecule has 0 spiro atoms. The smallest absolute Gasteiger partial charge is 0.271 e. The number of pyridine rings is 1. The van der Waals surface area contributed by atoms with Crippen LogP contribution in [-0.4, -0.2) is 44.5 Å². The van der Waals surface area contributed by atoms with Crippen LogP contribution in [-0.2, 0) is 0 Å². The molecule has 5 aromatic rings. The highest BCUT2D eigenvalue weighted by Crippen LogP contribution is 2.31. The lowest BCUT2D eigenvalue weighted by molar-refractivity contribution is 0.0478. The molecule has 2 aliphatic rings. The van der Waals surface area contributed by atoms with E-state index in [4.69, 9.17) is 11.6 Å². The molecule has 1 aromatic heterocycles. The van der Waals surface area contributed by atoms with Crippen LogP contribution in [0, 0.1) is 0 Å². The number of nitrogens with one attached hydrogen (secondary N) is 2. The van der Waals surface area contributed by atoms with E-state index in [2.05, 4.69) is 15.8 Å². The van der Waals surface area contributed by atoms with Gasteiger partial charge in [-0.2, -0.15) is 10.0 Å². The van der Waals surface area contributed by atoms with Crippen molar-refractivity contribution in [2.24, 2.45) is 0 Å². The average Bonchev–Trinajstić information content (AvgIpc) is 2.98. The fraction of sp³-hybridized carbons (Fsp3) is 0. The molecule has 0 bridgehead atoms. The van der Waals surface area contributed by atoms with Gasteiger partial charge in [-0.25, -0.2) is 4.98 Å². The van der Waals surface area contributed by atoms with Crippen molar-refractivity contribution in [3.63, 3.8) is 0 Å². The summed E-state index contributed by atoms with van der Waals surface area (Å²) in [6.07, 6.45) is 0. The van der Waals surface area contributed by atoms with Gasteiger partial charge >= 0.3 is 0 Å². The first-order chi connectivity index (χ1) is 19.8. The van der Waals surface area contributed by atoms with E-state index in [-0.39, 0.29) is 27.7 Å². The summed E-state index contributed by atoms with van der Waals surface area (Å²) in [5, 5.41) is 3.86. The van der Waals surface area contributed by atoms with Gasteiger partial charge in [0.1, 0.15) is 11.0 Å². The molecule has 2 N–H and O–H groups in total. The third-order valence-electron chi connectivity index (χ3n) is 7.04. The lowest BCUT2D eigenvalue weighted by Crippen LogP contribution is -2.51. The van der Waals surface area contributed by atoms with Crippen molar-refractivity contribution in [1.82, 2.24) is 20.4 Å². The van der Waals surface area contributed by atoms with Crippen molar-refractivity contribution in [3.05, 3.63) is 118 Å². The molecule has 0 unspecified atom stereocenters. The standard InChI is InChI=1S/C30H16ClN5O5/c31-22-13-17(26(37)34-36-29(40)20-11-3-7-16-8-4-12-21(25(16)20)30(36)41)14-23(32-22)33-35-27(38)18-9-1-5-15-6-2-10-19(24(15)18)28(35)39/h1-14H,(H,32,33)(H,34,37). The Balaban J connectivity index is 1.18. The Morgan fingerprint density at radius 1 is 0.634 bits per heavy atom. The lowest BCUT2D eigenvalue weighted by Gasteiger charge is -2.28. The van der Waals surface area contributed by atoms with Crippen LogP contribution in [0.4, 0.5) is 5.82 Å². The molecule has 2 aliphatic heterocycles. The molecule has 41 heavy (non-hydrogen) atoms. The summed E-state index contributed by atoms with van der Waals surface area (Å²) in [5.41, 5.74) is 6.12. The van der Waals surface area contributed by atoms with Crippen molar-refractivity contribution < 1.29 is 24.0 Å². The summed E-state index contributed by atoms with van der Waals surface area (Å²) in [6, 6.07) is 22.9. The van der Waals surface area contributed by atoms with Crippen LogP contribution in [0.15, 0.2) is 84.9 Å². The van der Waals surface area contributed by atoms with Crippen LogP contribution in [0.2, 0.25) is 5.15 Å². The summed E-state index contributed by atoms with van der Waals surface area (Å²) < 4.78 is 0. The number of aromatic nitrogens is 1. The topological polar surface area (TPSA) is 129 Å². The number of amides is 5. The van der Waals surface area contributed by atoms with E-state index < -0.39 is 29.5 Å². The van der Waals surface area contributed by atoms with E-state index in [1.807, 2.05) is 12.1 Å². The zero-order valence-electron chi connectivity index (χ0n) is 20.8. The van der Waals surface area contributed by atoms with Crippen molar-refractivity contribution in [1.29, 1.82) is 0 Å². The molecule has 10 nitrogen and oxygen atoms in total. The van der Waals surface area contributed by atoms with E-state index in [0.717, 1.165) is 15.8 Å². The summed E-state index contributed by atoms with van der Waals surface area (Å²) in [4.78, 5) is 70.2. The summed E-state index contributed by atoms with van der Waals surface area (Å²) >= 11 is 6.18. The normalized spacial score (nSPS) is 14.2. The average molecular weight is 562 g/mol. The molecule has 0 saturated carbocycles. The van der Waals surface area contributed by atoms with Crippen molar-refractivity contribution >= 4 is 68.5 Å². The maximum atomic E-state index is 13.3. The van der Waals surface area contributed by atoms with Crippen molar-refractivity contribution in [2.75, 3.05) is 5.43 Å². The predicted octanol–water partition coefficient (Wildman–Crippen LogP) is 4.61. The summed E-state index contributed by atoms with van der Waals surface area (Å²) in [6.45, 7) is 0. The van der Waals surface area contributed by atoms with Gasteiger partial charge in [0.15, 0.2) is 0 Å². The Hall–Kier alpha value is -5.61. The largest absolute Gasteiger partial charge is 0.280 e. The molecule has 4 aromatic carbocycles. The first-order valence-electron chi connectivity index (χ1n) is 12.4. The molecule has 0 saturated heterocycles. The third-order valence-corrected chi connectivity index (χ3v) is 7.23. The number of carbonyl (C=O) groups is 5. The van der Waals surface area contributed by atoms with Crippen molar-refractivity contribution in [3.8, 4) is 0 Å². The Bertz CT molecular complexity index is 1940. The van der Waals surface area contributed by atoms with Gasteiger partial charge in [0, 0.05) is 16.3 Å². The summed E-state index contributed by atoms with van der Waals surface area (Å²) in [7, 11) is 0. The number of nitrogens with zero attached hydrogens (tertiary/aromatic N) is 3. The van der Waals surface area contributed by atoms with Gasteiger partial charge in [0.2, 0.25) is 0 Å². The molecular weight excluding hydrogens is 546 g/mol. The number of anilines is 1. The van der Waals surface area contributed by atoms with E-state index in [1.165, 1.54) is 12.1 Å². The first-order valence-corrected chi connectivity index (χ1v) is 12.8. The third kappa shape index (κ3) is 3.73. The number of hydrogen-bond donors (Lipinski definition) is 2. The van der Waals surface area contributed by atoms with Gasteiger partial charge in [-0.1, -0.05) is 60.1 Å². The lowest BCUT2D eigenvalue weighted by atomic mass is 9.95. The molecule has 5 amide bonds. The number of rotatable bonds is 4. The fourth-order valence-electron chi connectivity index (χ4n) is 5.23. The molecular formula is C30H16ClN5O5. The monoisotopic (exact) mass is 561 g/mol. The van der Waals surface area contributed by atoms with E-state index >= 15 is 0 Å².